The van der Waals surface area contributed by atoms with Crippen LogP contribution in [0.15, 0.2) is 30.3 Å². The Kier molecular flexibility index (Phi) is 10.9. The molecule has 2 aromatic rings. The highest BCUT2D eigenvalue weighted by molar-refractivity contribution is 6.34. The number of unbranched alkanes of at least 4 members (excludes halogenated alkanes) is 1. The number of aryl methyl sites for hydroxylation is 2. The van der Waals surface area contributed by atoms with Crippen LogP contribution in [0.1, 0.15) is 47.3 Å². The number of methoxy groups -OCH3 is 1. The van der Waals surface area contributed by atoms with Crippen LogP contribution in [0.3, 0.4) is 0 Å². The van der Waals surface area contributed by atoms with Gasteiger partial charge in [-0.2, -0.15) is 0 Å². The van der Waals surface area contributed by atoms with Crippen molar-refractivity contribution in [2.24, 2.45) is 0 Å². The average molecular weight is 521 g/mol. The van der Waals surface area contributed by atoms with E-state index in [0.717, 1.165) is 62.8 Å². The Morgan fingerprint density at radius 1 is 1.25 bits per heavy atom. The number of halogens is 2. The minimum atomic E-state index is -1.16. The van der Waals surface area contributed by atoms with E-state index in [0.29, 0.717) is 19.7 Å². The zero-order valence-corrected chi connectivity index (χ0v) is 21.3. The largest absolute Gasteiger partial charge is 0.480 e. The Hall–Kier alpha value is -2.75. The van der Waals surface area contributed by atoms with Gasteiger partial charge in [0.2, 0.25) is 0 Å². The van der Waals surface area contributed by atoms with E-state index in [2.05, 4.69) is 27.7 Å². The summed E-state index contributed by atoms with van der Waals surface area (Å²) >= 11 is 5.87. The minimum absolute atomic E-state index is 0.0925. The number of hydrogen-bond donors (Lipinski definition) is 3. The number of fused-ring (bicyclic) bond motifs is 1. The third-order valence-electron chi connectivity index (χ3n) is 6.25. The fraction of sp³-hybridized carbons (Fsp3) is 0.500. The Bertz CT molecular complexity index is 1040. The monoisotopic (exact) mass is 520 g/mol. The lowest BCUT2D eigenvalue weighted by atomic mass is 10.1. The molecule has 1 aromatic heterocycles. The van der Waals surface area contributed by atoms with Crippen LogP contribution in [0.25, 0.3) is 0 Å². The van der Waals surface area contributed by atoms with Crippen molar-refractivity contribution < 1.29 is 23.8 Å². The molecule has 1 aromatic carbocycles. The number of amides is 1. The fourth-order valence-corrected chi connectivity index (χ4v) is 4.40. The summed E-state index contributed by atoms with van der Waals surface area (Å²) in [6.07, 6.45) is 5.13. The number of ether oxygens (including phenoxy) is 1. The Labute approximate surface area is 216 Å². The van der Waals surface area contributed by atoms with Gasteiger partial charge in [0.1, 0.15) is 17.7 Å². The van der Waals surface area contributed by atoms with Crippen molar-refractivity contribution in [3.8, 4) is 0 Å². The first-order valence-electron chi connectivity index (χ1n) is 12.3. The molecule has 1 amide bonds. The number of carbonyl (C=O) groups excluding carboxylic acids is 1. The molecule has 0 radical (unpaired) electrons. The van der Waals surface area contributed by atoms with Crippen molar-refractivity contribution in [3.05, 3.63) is 58.0 Å². The van der Waals surface area contributed by atoms with Crippen LogP contribution in [-0.2, 0) is 22.4 Å². The number of rotatable bonds is 14. The Balaban J connectivity index is 1.49. The summed E-state index contributed by atoms with van der Waals surface area (Å²) in [4.78, 5) is 31.2. The van der Waals surface area contributed by atoms with E-state index in [1.54, 1.807) is 7.11 Å². The number of nitrogens with zero attached hydrogens (tertiary/aromatic N) is 2. The molecular weight excluding hydrogens is 487 g/mol. The summed E-state index contributed by atoms with van der Waals surface area (Å²) in [6.45, 7) is 3.35. The second-order valence-corrected chi connectivity index (χ2v) is 9.26. The molecule has 1 unspecified atom stereocenters. The fourth-order valence-electron chi connectivity index (χ4n) is 4.19. The molecule has 10 heteroatoms. The molecular formula is C26H34ClFN4O4. The number of anilines is 1. The summed E-state index contributed by atoms with van der Waals surface area (Å²) in [7, 11) is 1.62. The van der Waals surface area contributed by atoms with Gasteiger partial charge in [-0.1, -0.05) is 23.7 Å². The van der Waals surface area contributed by atoms with Gasteiger partial charge in [-0.25, -0.2) is 14.2 Å². The van der Waals surface area contributed by atoms with Gasteiger partial charge >= 0.3 is 5.97 Å². The van der Waals surface area contributed by atoms with Gasteiger partial charge in [0.15, 0.2) is 0 Å². The van der Waals surface area contributed by atoms with Crippen LogP contribution >= 0.6 is 11.6 Å². The molecule has 2 heterocycles. The molecule has 0 spiro atoms. The number of benzene rings is 1. The van der Waals surface area contributed by atoms with Crippen molar-refractivity contribution in [2.75, 3.05) is 45.2 Å². The molecule has 8 nitrogen and oxygen atoms in total. The maximum Gasteiger partial charge on any atom is 0.326 e. The second-order valence-electron chi connectivity index (χ2n) is 8.89. The van der Waals surface area contributed by atoms with Crippen LogP contribution in [0.5, 0.6) is 0 Å². The number of carboxylic acids is 1. The van der Waals surface area contributed by atoms with E-state index in [1.165, 1.54) is 17.7 Å². The van der Waals surface area contributed by atoms with Crippen LogP contribution in [0.2, 0.25) is 5.02 Å². The van der Waals surface area contributed by atoms with Gasteiger partial charge in [0, 0.05) is 32.4 Å². The number of aliphatic carboxylic acids is 1. The first-order valence-corrected chi connectivity index (χ1v) is 12.7. The Morgan fingerprint density at radius 3 is 2.86 bits per heavy atom. The molecule has 3 rings (SSSR count). The quantitative estimate of drug-likeness (QED) is 0.326. The summed E-state index contributed by atoms with van der Waals surface area (Å²) in [5, 5.41) is 15.1. The van der Waals surface area contributed by atoms with Gasteiger partial charge in [-0.05, 0) is 68.8 Å². The predicted octanol–water partition coefficient (Wildman–Crippen LogP) is 3.78. The zero-order chi connectivity index (χ0) is 25.9. The average Bonchev–Trinajstić information content (AvgIpc) is 2.88. The molecule has 0 fully saturated rings. The van der Waals surface area contributed by atoms with Gasteiger partial charge in [0.05, 0.1) is 17.2 Å². The maximum atomic E-state index is 13.7. The van der Waals surface area contributed by atoms with E-state index in [4.69, 9.17) is 21.3 Å². The molecule has 0 aliphatic carbocycles. The standard InChI is InChI=1S/C26H34ClFN4O4/c1-36-17-16-32(14-3-2-7-19-11-10-18-6-5-13-29-24(18)30-19)15-12-22(26(34)35)31-25(33)20-8-4-9-21(28)23(20)27/h4,8-11,22H,2-3,5-7,12-17H2,1H3,(H,29,30)(H,31,33)(H,34,35). The highest BCUT2D eigenvalue weighted by Crippen LogP contribution is 2.21. The molecule has 0 saturated heterocycles. The molecule has 1 aliphatic rings. The summed E-state index contributed by atoms with van der Waals surface area (Å²) in [5.41, 5.74) is 2.25. The number of hydrogen-bond acceptors (Lipinski definition) is 6. The van der Waals surface area contributed by atoms with Crippen LogP contribution in [0.4, 0.5) is 10.2 Å². The molecule has 1 atom stereocenters. The minimum Gasteiger partial charge on any atom is -0.480 e. The van der Waals surface area contributed by atoms with E-state index < -0.39 is 23.7 Å². The normalized spacial score (nSPS) is 13.7. The van der Waals surface area contributed by atoms with Crippen molar-refractivity contribution in [1.29, 1.82) is 0 Å². The SMILES string of the molecule is COCCN(CCCCc1ccc2c(n1)NCCC2)CCC(NC(=O)c1cccc(F)c1Cl)C(=O)O. The predicted molar refractivity (Wildman–Crippen MR) is 137 cm³/mol. The lowest BCUT2D eigenvalue weighted by Crippen LogP contribution is -2.43. The zero-order valence-electron chi connectivity index (χ0n) is 20.6. The summed E-state index contributed by atoms with van der Waals surface area (Å²) < 4.78 is 18.9. The smallest absolute Gasteiger partial charge is 0.326 e. The first kappa shape index (κ1) is 27.8. The molecule has 0 bridgehead atoms. The number of carboxylic acid groups (broad SMARTS) is 1. The van der Waals surface area contributed by atoms with Crippen molar-refractivity contribution >= 4 is 29.3 Å². The van der Waals surface area contributed by atoms with Gasteiger partial charge in [-0.3, -0.25) is 4.79 Å². The summed E-state index contributed by atoms with van der Waals surface area (Å²) in [5.74, 6) is -1.61. The highest BCUT2D eigenvalue weighted by atomic mass is 35.5. The lowest BCUT2D eigenvalue weighted by molar-refractivity contribution is -0.139. The van der Waals surface area contributed by atoms with Crippen LogP contribution in [0, 0.1) is 5.82 Å². The van der Waals surface area contributed by atoms with Crippen molar-refractivity contribution in [2.45, 2.75) is 44.6 Å². The third-order valence-corrected chi connectivity index (χ3v) is 6.64. The van der Waals surface area contributed by atoms with E-state index in [1.807, 2.05) is 0 Å². The van der Waals surface area contributed by atoms with Crippen molar-refractivity contribution in [1.82, 2.24) is 15.2 Å². The summed E-state index contributed by atoms with van der Waals surface area (Å²) in [6, 6.07) is 6.98. The van der Waals surface area contributed by atoms with E-state index in [-0.39, 0.29) is 17.0 Å². The van der Waals surface area contributed by atoms with Crippen molar-refractivity contribution in [3.63, 3.8) is 0 Å². The highest BCUT2D eigenvalue weighted by Gasteiger charge is 2.23. The van der Waals surface area contributed by atoms with Gasteiger partial charge in [-0.15, -0.1) is 0 Å². The van der Waals surface area contributed by atoms with Gasteiger partial charge in [0.25, 0.3) is 5.91 Å². The number of pyridine rings is 1. The van der Waals surface area contributed by atoms with Crippen LogP contribution < -0.4 is 10.6 Å². The molecule has 36 heavy (non-hydrogen) atoms. The first-order chi connectivity index (χ1) is 17.4. The molecule has 0 saturated carbocycles. The molecule has 196 valence electrons. The second kappa shape index (κ2) is 14.1. The number of carbonyl (C=O) groups is 2. The number of aromatic nitrogens is 1. The molecule has 1 aliphatic heterocycles. The third kappa shape index (κ3) is 8.15. The topological polar surface area (TPSA) is 104 Å². The van der Waals surface area contributed by atoms with E-state index in [9.17, 15) is 19.1 Å². The van der Waals surface area contributed by atoms with Gasteiger partial charge < -0.3 is 25.4 Å². The van der Waals surface area contributed by atoms with E-state index >= 15 is 0 Å². The Morgan fingerprint density at radius 2 is 2.08 bits per heavy atom. The number of nitrogens with one attached hydrogen (secondary N) is 2. The maximum absolute atomic E-state index is 13.7. The lowest BCUT2D eigenvalue weighted by Gasteiger charge is -2.24. The molecule has 3 N–H and O–H groups in total. The van der Waals surface area contributed by atoms with Crippen LogP contribution in [-0.4, -0.2) is 72.8 Å².